The number of carbonyl (C=O) groups is 3. The largest absolute Gasteiger partial charge is 0.534 e. The Kier molecular flexibility index (Phi) is 5.95. The Morgan fingerprint density at radius 1 is 1.15 bits per heavy atom. The Bertz CT molecular complexity index is 476. The number of carbonyl (C=O) groups excluding carboxylic acids is 3. The van der Waals surface area contributed by atoms with Crippen molar-refractivity contribution in [3.63, 3.8) is 0 Å². The quantitative estimate of drug-likeness (QED) is 0.615. The van der Waals surface area contributed by atoms with E-state index in [9.17, 15) is 14.4 Å². The molecule has 1 heterocycles. The third kappa shape index (κ3) is 4.23. The van der Waals surface area contributed by atoms with Gasteiger partial charge in [-0.3, -0.25) is 14.6 Å². The van der Waals surface area contributed by atoms with Gasteiger partial charge in [-0.1, -0.05) is 11.1 Å². The molecule has 20 heavy (non-hydrogen) atoms. The molecule has 0 atom stereocenters. The first-order valence-electron chi connectivity index (χ1n) is 5.87. The third-order valence-corrected chi connectivity index (χ3v) is 1.93. The second-order valence-electron chi connectivity index (χ2n) is 3.29. The van der Waals surface area contributed by atoms with Crippen LogP contribution in [0.25, 0.3) is 0 Å². The molecule has 0 saturated carbocycles. The Labute approximate surface area is 115 Å². The van der Waals surface area contributed by atoms with Crippen molar-refractivity contribution in [2.45, 2.75) is 13.8 Å². The molecule has 0 aromatic carbocycles. The highest BCUT2D eigenvalue weighted by atomic mass is 16.8. The molecule has 0 aliphatic rings. The van der Waals surface area contributed by atoms with Crippen LogP contribution in [0, 0.1) is 0 Å². The van der Waals surface area contributed by atoms with E-state index in [1.54, 1.807) is 26.0 Å². The van der Waals surface area contributed by atoms with Crippen LogP contribution in [0.5, 0.6) is 0 Å². The molecular formula is C12H14N2O6. The van der Waals surface area contributed by atoms with E-state index in [0.717, 1.165) is 0 Å². The summed E-state index contributed by atoms with van der Waals surface area (Å²) in [5, 5.41) is 0.170. The highest BCUT2D eigenvalue weighted by Gasteiger charge is 2.30. The Balaban J connectivity index is 2.89. The molecule has 108 valence electrons. The lowest BCUT2D eigenvalue weighted by atomic mass is 10.3. The van der Waals surface area contributed by atoms with Crippen LogP contribution in [0.15, 0.2) is 24.4 Å². The van der Waals surface area contributed by atoms with Crippen LogP contribution in [0.1, 0.15) is 24.3 Å². The van der Waals surface area contributed by atoms with E-state index in [1.165, 1.54) is 12.3 Å². The topological polar surface area (TPSA) is 95.0 Å². The van der Waals surface area contributed by atoms with Gasteiger partial charge >= 0.3 is 18.2 Å². The summed E-state index contributed by atoms with van der Waals surface area (Å²) in [4.78, 5) is 43.2. The van der Waals surface area contributed by atoms with Gasteiger partial charge in [-0.15, -0.1) is 0 Å². The molecule has 1 rings (SSSR count). The van der Waals surface area contributed by atoms with E-state index in [0.29, 0.717) is 0 Å². The molecule has 2 amide bonds. The molecule has 0 aliphatic carbocycles. The Hall–Kier alpha value is -2.64. The van der Waals surface area contributed by atoms with Crippen molar-refractivity contribution in [1.29, 1.82) is 0 Å². The number of amides is 2. The van der Waals surface area contributed by atoms with Gasteiger partial charge in [-0.25, -0.2) is 9.59 Å². The van der Waals surface area contributed by atoms with E-state index in [4.69, 9.17) is 0 Å². The van der Waals surface area contributed by atoms with E-state index >= 15 is 0 Å². The summed E-state index contributed by atoms with van der Waals surface area (Å²) in [6.45, 7) is 3.15. The van der Waals surface area contributed by atoms with Gasteiger partial charge in [0, 0.05) is 6.20 Å². The zero-order valence-corrected chi connectivity index (χ0v) is 11.1. The summed E-state index contributed by atoms with van der Waals surface area (Å²) in [5.74, 6) is -0.933. The van der Waals surface area contributed by atoms with Crippen molar-refractivity contribution in [3.05, 3.63) is 30.1 Å². The minimum absolute atomic E-state index is 0.0109. The molecule has 0 aliphatic heterocycles. The van der Waals surface area contributed by atoms with Crippen molar-refractivity contribution in [2.75, 3.05) is 13.2 Å². The lowest BCUT2D eigenvalue weighted by Crippen LogP contribution is -2.39. The number of imide groups is 1. The zero-order valence-electron chi connectivity index (χ0n) is 11.1. The number of nitrogens with zero attached hydrogens (tertiary/aromatic N) is 2. The molecular weight excluding hydrogens is 268 g/mol. The number of hydrogen-bond acceptors (Lipinski definition) is 7. The van der Waals surface area contributed by atoms with E-state index in [2.05, 4.69) is 19.3 Å². The van der Waals surface area contributed by atoms with Gasteiger partial charge in [0.25, 0.3) is 0 Å². The molecule has 8 nitrogen and oxygen atoms in total. The minimum Gasteiger partial charge on any atom is -0.447 e. The fourth-order valence-electron chi connectivity index (χ4n) is 1.16. The molecule has 0 radical (unpaired) electrons. The van der Waals surface area contributed by atoms with Crippen LogP contribution in [-0.2, 0) is 14.3 Å². The Morgan fingerprint density at radius 3 is 2.40 bits per heavy atom. The van der Waals surface area contributed by atoms with Gasteiger partial charge in [0.1, 0.15) is 5.69 Å². The molecule has 0 unspecified atom stereocenters. The van der Waals surface area contributed by atoms with Gasteiger partial charge in [0.15, 0.2) is 0 Å². The lowest BCUT2D eigenvalue weighted by molar-refractivity contribution is -0.0859. The number of rotatable bonds is 3. The van der Waals surface area contributed by atoms with Gasteiger partial charge in [-0.05, 0) is 26.0 Å². The standard InChI is InChI=1S/C12H14N2O6/c1-3-18-11(16)14(20-12(17)19-4-2)10(15)9-7-5-6-8-13-9/h5-8H,3-4H2,1-2H3. The predicted molar refractivity (Wildman–Crippen MR) is 65.5 cm³/mol. The van der Waals surface area contributed by atoms with Crippen molar-refractivity contribution in [2.24, 2.45) is 0 Å². The maximum atomic E-state index is 12.0. The molecule has 8 heteroatoms. The average Bonchev–Trinajstić information content (AvgIpc) is 2.45. The molecule has 0 bridgehead atoms. The van der Waals surface area contributed by atoms with E-state index in [1.807, 2.05) is 0 Å². The molecule has 0 N–H and O–H groups in total. The first kappa shape index (κ1) is 15.4. The molecule has 0 saturated heterocycles. The number of ether oxygens (including phenoxy) is 2. The first-order valence-corrected chi connectivity index (χ1v) is 5.87. The molecule has 1 aromatic heterocycles. The SMILES string of the molecule is CCOC(=O)ON(C(=O)OCC)C(=O)c1ccccn1. The highest BCUT2D eigenvalue weighted by Crippen LogP contribution is 2.06. The van der Waals surface area contributed by atoms with Crippen molar-refractivity contribution >= 4 is 18.2 Å². The van der Waals surface area contributed by atoms with Gasteiger partial charge in [-0.2, -0.15) is 0 Å². The summed E-state index contributed by atoms with van der Waals surface area (Å²) in [6.07, 6.45) is -0.956. The second-order valence-corrected chi connectivity index (χ2v) is 3.29. The smallest absolute Gasteiger partial charge is 0.447 e. The van der Waals surface area contributed by atoms with Crippen molar-refractivity contribution in [3.8, 4) is 0 Å². The minimum atomic E-state index is -1.19. The van der Waals surface area contributed by atoms with Crippen LogP contribution in [0.3, 0.4) is 0 Å². The van der Waals surface area contributed by atoms with Crippen LogP contribution in [0.2, 0.25) is 0 Å². The summed E-state index contributed by atoms with van der Waals surface area (Å²) in [7, 11) is 0. The summed E-state index contributed by atoms with van der Waals surface area (Å²) < 4.78 is 9.13. The fourth-order valence-corrected chi connectivity index (χ4v) is 1.16. The molecule has 1 aromatic rings. The van der Waals surface area contributed by atoms with Crippen LogP contribution < -0.4 is 0 Å². The maximum absolute atomic E-state index is 12.0. The van der Waals surface area contributed by atoms with Gasteiger partial charge in [0.05, 0.1) is 13.2 Å². The third-order valence-electron chi connectivity index (χ3n) is 1.93. The van der Waals surface area contributed by atoms with E-state index < -0.39 is 18.2 Å². The van der Waals surface area contributed by atoms with Gasteiger partial charge < -0.3 is 9.47 Å². The fraction of sp³-hybridized carbons (Fsp3) is 0.333. The summed E-state index contributed by atoms with van der Waals surface area (Å²) in [6, 6.07) is 4.51. The Morgan fingerprint density at radius 2 is 1.85 bits per heavy atom. The van der Waals surface area contributed by atoms with E-state index in [-0.39, 0.29) is 24.0 Å². The maximum Gasteiger partial charge on any atom is 0.534 e. The van der Waals surface area contributed by atoms with Gasteiger partial charge in [0.2, 0.25) is 0 Å². The van der Waals surface area contributed by atoms with Crippen LogP contribution >= 0.6 is 0 Å². The number of pyridine rings is 1. The molecule has 0 fully saturated rings. The lowest BCUT2D eigenvalue weighted by Gasteiger charge is -2.17. The number of hydrogen-bond donors (Lipinski definition) is 0. The van der Waals surface area contributed by atoms with Crippen molar-refractivity contribution < 1.29 is 28.7 Å². The van der Waals surface area contributed by atoms with Crippen LogP contribution in [0.4, 0.5) is 9.59 Å². The first-order chi connectivity index (χ1) is 9.60. The predicted octanol–water partition coefficient (Wildman–Crippen LogP) is 1.77. The number of aromatic nitrogens is 1. The van der Waals surface area contributed by atoms with Crippen LogP contribution in [-0.4, -0.2) is 41.4 Å². The monoisotopic (exact) mass is 282 g/mol. The highest BCUT2D eigenvalue weighted by molar-refractivity contribution is 6.01. The summed E-state index contributed by atoms with van der Waals surface area (Å²) in [5.41, 5.74) is -0.0788. The second kappa shape index (κ2) is 7.72. The molecule has 0 spiro atoms. The normalized spacial score (nSPS) is 9.50. The van der Waals surface area contributed by atoms with Crippen molar-refractivity contribution in [1.82, 2.24) is 10.0 Å². The zero-order chi connectivity index (χ0) is 15.0. The average molecular weight is 282 g/mol. The summed E-state index contributed by atoms with van der Waals surface area (Å²) >= 11 is 0. The number of hydroxylamine groups is 2.